The van der Waals surface area contributed by atoms with Crippen molar-refractivity contribution in [2.45, 2.75) is 69.6 Å². The van der Waals surface area contributed by atoms with Crippen LogP contribution < -0.4 is 21.7 Å². The van der Waals surface area contributed by atoms with Crippen molar-refractivity contribution in [3.8, 4) is 0 Å². The Labute approximate surface area is 161 Å². The number of nitrogens with one attached hydrogen (secondary N) is 4. The lowest BCUT2D eigenvalue weighted by Gasteiger charge is -2.33. The van der Waals surface area contributed by atoms with Crippen LogP contribution in [0.15, 0.2) is 24.5 Å². The summed E-state index contributed by atoms with van der Waals surface area (Å²) in [5, 5.41) is 0. The van der Waals surface area contributed by atoms with Crippen molar-refractivity contribution >= 4 is 5.91 Å². The van der Waals surface area contributed by atoms with Gasteiger partial charge < -0.3 is 4.90 Å². The van der Waals surface area contributed by atoms with E-state index < -0.39 is 0 Å². The summed E-state index contributed by atoms with van der Waals surface area (Å²) < 4.78 is 0. The summed E-state index contributed by atoms with van der Waals surface area (Å²) >= 11 is 0. The number of nitrogens with zero attached hydrogens (tertiary/aromatic N) is 2. The third-order valence-electron chi connectivity index (χ3n) is 6.19. The Morgan fingerprint density at radius 3 is 2.85 bits per heavy atom. The Bertz CT molecular complexity index is 639. The molecule has 148 valence electrons. The molecule has 0 aromatic carbocycles. The molecular formula is C20H32N6O. The standard InChI is InChI=1S/C20H32N6O/c1-13(2)10-15-11-17(24-23-15)20(27)26-9-3-4-18(26)19-16(12-22-25-19)14-5-7-21-8-6-14/h5-8,13,15-19,22-25H,3-4,9-12H2,1-2H3. The second-order valence-electron chi connectivity index (χ2n) is 8.58. The van der Waals surface area contributed by atoms with Crippen molar-refractivity contribution in [1.82, 2.24) is 31.6 Å². The van der Waals surface area contributed by atoms with Crippen LogP contribution in [0.25, 0.3) is 0 Å². The summed E-state index contributed by atoms with van der Waals surface area (Å²) in [7, 11) is 0. The summed E-state index contributed by atoms with van der Waals surface area (Å²) in [6.45, 7) is 6.20. The summed E-state index contributed by atoms with van der Waals surface area (Å²) in [5.41, 5.74) is 14.6. The van der Waals surface area contributed by atoms with Crippen molar-refractivity contribution in [2.75, 3.05) is 13.1 Å². The van der Waals surface area contributed by atoms with E-state index in [9.17, 15) is 4.79 Å². The zero-order chi connectivity index (χ0) is 18.8. The first kappa shape index (κ1) is 18.8. The number of amides is 1. The highest BCUT2D eigenvalue weighted by Crippen LogP contribution is 2.32. The molecule has 0 bridgehead atoms. The third-order valence-corrected chi connectivity index (χ3v) is 6.19. The van der Waals surface area contributed by atoms with E-state index >= 15 is 0 Å². The Kier molecular flexibility index (Phi) is 5.73. The predicted octanol–water partition coefficient (Wildman–Crippen LogP) is 0.914. The first-order valence-electron chi connectivity index (χ1n) is 10.3. The highest BCUT2D eigenvalue weighted by atomic mass is 16.2. The van der Waals surface area contributed by atoms with Crippen LogP contribution in [0.5, 0.6) is 0 Å². The van der Waals surface area contributed by atoms with E-state index in [2.05, 4.69) is 57.6 Å². The fraction of sp³-hybridized carbons (Fsp3) is 0.700. The van der Waals surface area contributed by atoms with Crippen molar-refractivity contribution < 1.29 is 4.79 Å². The monoisotopic (exact) mass is 372 g/mol. The molecule has 7 heteroatoms. The molecule has 1 aromatic rings. The normalized spacial score (nSPS) is 33.9. The first-order chi connectivity index (χ1) is 13.1. The van der Waals surface area contributed by atoms with E-state index in [-0.39, 0.29) is 24.0 Å². The molecule has 1 amide bonds. The van der Waals surface area contributed by atoms with E-state index in [1.165, 1.54) is 5.56 Å². The average Bonchev–Trinajstić information content (AvgIpc) is 3.41. The highest BCUT2D eigenvalue weighted by molar-refractivity contribution is 5.83. The summed E-state index contributed by atoms with van der Waals surface area (Å²) in [5.74, 6) is 1.24. The first-order valence-corrected chi connectivity index (χ1v) is 10.3. The molecule has 1 aromatic heterocycles. The minimum Gasteiger partial charge on any atom is -0.337 e. The van der Waals surface area contributed by atoms with Gasteiger partial charge in [0.2, 0.25) is 5.91 Å². The Morgan fingerprint density at radius 1 is 1.26 bits per heavy atom. The highest BCUT2D eigenvalue weighted by Gasteiger charge is 2.44. The van der Waals surface area contributed by atoms with Gasteiger partial charge in [-0.2, -0.15) is 0 Å². The molecule has 3 aliphatic heterocycles. The number of likely N-dealkylation sites (tertiary alicyclic amines) is 1. The van der Waals surface area contributed by atoms with Crippen LogP contribution in [-0.2, 0) is 4.79 Å². The van der Waals surface area contributed by atoms with Crippen LogP contribution in [-0.4, -0.2) is 53.0 Å². The van der Waals surface area contributed by atoms with Gasteiger partial charge in [0.15, 0.2) is 0 Å². The number of hydrogen-bond donors (Lipinski definition) is 4. The van der Waals surface area contributed by atoms with Gasteiger partial charge in [-0.3, -0.25) is 26.1 Å². The number of carbonyl (C=O) groups is 1. The fourth-order valence-electron chi connectivity index (χ4n) is 4.96. The quantitative estimate of drug-likeness (QED) is 0.615. The molecular weight excluding hydrogens is 340 g/mol. The van der Waals surface area contributed by atoms with Gasteiger partial charge in [0.05, 0.1) is 0 Å². The molecule has 4 rings (SSSR count). The number of aromatic nitrogens is 1. The van der Waals surface area contributed by atoms with Crippen molar-refractivity contribution in [2.24, 2.45) is 5.92 Å². The lowest BCUT2D eigenvalue weighted by atomic mass is 9.88. The fourth-order valence-corrected chi connectivity index (χ4v) is 4.96. The van der Waals surface area contributed by atoms with Gasteiger partial charge in [0.1, 0.15) is 6.04 Å². The lowest BCUT2D eigenvalue weighted by molar-refractivity contribution is -0.134. The molecule has 0 saturated carbocycles. The number of pyridine rings is 1. The van der Waals surface area contributed by atoms with E-state index in [0.717, 1.165) is 38.8 Å². The van der Waals surface area contributed by atoms with E-state index in [4.69, 9.17) is 0 Å². The summed E-state index contributed by atoms with van der Waals surface area (Å²) in [6.07, 6.45) is 7.81. The Morgan fingerprint density at radius 2 is 2.07 bits per heavy atom. The molecule has 0 aliphatic carbocycles. The molecule has 4 heterocycles. The molecule has 7 nitrogen and oxygen atoms in total. The van der Waals surface area contributed by atoms with Crippen LogP contribution in [0, 0.1) is 5.92 Å². The average molecular weight is 373 g/mol. The number of rotatable bonds is 5. The van der Waals surface area contributed by atoms with Crippen molar-refractivity contribution in [3.63, 3.8) is 0 Å². The maximum absolute atomic E-state index is 13.3. The molecule has 5 unspecified atom stereocenters. The van der Waals surface area contributed by atoms with Gasteiger partial charge in [0.25, 0.3) is 0 Å². The van der Waals surface area contributed by atoms with E-state index in [1.807, 2.05) is 12.4 Å². The third kappa shape index (κ3) is 4.01. The molecule has 27 heavy (non-hydrogen) atoms. The van der Waals surface area contributed by atoms with Crippen molar-refractivity contribution in [3.05, 3.63) is 30.1 Å². The summed E-state index contributed by atoms with van der Waals surface area (Å²) in [6, 6.07) is 4.92. The Hall–Kier alpha value is -1.54. The van der Waals surface area contributed by atoms with Gasteiger partial charge in [-0.15, -0.1) is 0 Å². The number of hydrogen-bond acceptors (Lipinski definition) is 6. The van der Waals surface area contributed by atoms with Crippen LogP contribution in [0.2, 0.25) is 0 Å². The van der Waals surface area contributed by atoms with Gasteiger partial charge in [-0.25, -0.2) is 5.43 Å². The van der Waals surface area contributed by atoms with E-state index in [0.29, 0.717) is 17.9 Å². The van der Waals surface area contributed by atoms with Gasteiger partial charge >= 0.3 is 0 Å². The second kappa shape index (κ2) is 8.22. The summed E-state index contributed by atoms with van der Waals surface area (Å²) in [4.78, 5) is 19.5. The van der Waals surface area contributed by atoms with Crippen LogP contribution in [0.4, 0.5) is 0 Å². The molecule has 0 radical (unpaired) electrons. The zero-order valence-corrected chi connectivity index (χ0v) is 16.3. The minimum atomic E-state index is -0.108. The van der Waals surface area contributed by atoms with Crippen molar-refractivity contribution in [1.29, 1.82) is 0 Å². The lowest BCUT2D eigenvalue weighted by Crippen LogP contribution is -2.54. The maximum atomic E-state index is 13.3. The zero-order valence-electron chi connectivity index (χ0n) is 16.3. The van der Waals surface area contributed by atoms with Gasteiger partial charge in [-0.05, 0) is 49.3 Å². The number of carbonyl (C=O) groups excluding carboxylic acids is 1. The van der Waals surface area contributed by atoms with Crippen LogP contribution in [0.1, 0.15) is 51.0 Å². The van der Waals surface area contributed by atoms with Crippen LogP contribution in [0.3, 0.4) is 0 Å². The topological polar surface area (TPSA) is 81.3 Å². The number of hydrazine groups is 2. The van der Waals surface area contributed by atoms with Gasteiger partial charge in [0, 0.05) is 49.5 Å². The predicted molar refractivity (Wildman–Crippen MR) is 105 cm³/mol. The molecule has 3 fully saturated rings. The molecule has 5 atom stereocenters. The molecule has 3 aliphatic rings. The second-order valence-corrected chi connectivity index (χ2v) is 8.58. The maximum Gasteiger partial charge on any atom is 0.241 e. The molecule has 0 spiro atoms. The largest absolute Gasteiger partial charge is 0.337 e. The molecule has 4 N–H and O–H groups in total. The minimum absolute atomic E-state index is 0.108. The smallest absolute Gasteiger partial charge is 0.241 e. The van der Waals surface area contributed by atoms with Gasteiger partial charge in [-0.1, -0.05) is 13.8 Å². The van der Waals surface area contributed by atoms with E-state index in [1.54, 1.807) is 0 Å². The van der Waals surface area contributed by atoms with Crippen LogP contribution >= 0.6 is 0 Å². The Balaban J connectivity index is 1.44. The SMILES string of the molecule is CC(C)CC1CC(C(=O)N2CCCC2C2NNCC2c2ccncc2)NN1. The molecule has 3 saturated heterocycles.